The van der Waals surface area contributed by atoms with Gasteiger partial charge in [-0.3, -0.25) is 4.79 Å². The monoisotopic (exact) mass is 343 g/mol. The summed E-state index contributed by atoms with van der Waals surface area (Å²) in [7, 11) is 0. The number of halogens is 1. The lowest BCUT2D eigenvalue weighted by Crippen LogP contribution is -2.13. The Morgan fingerprint density at radius 2 is 2.22 bits per heavy atom. The van der Waals surface area contributed by atoms with E-state index in [9.17, 15) is 4.79 Å². The van der Waals surface area contributed by atoms with Crippen LogP contribution < -0.4 is 5.32 Å². The first-order valence-corrected chi connectivity index (χ1v) is 7.99. The number of carbonyl (C=O) groups is 1. The Hall–Kier alpha value is -2.49. The van der Waals surface area contributed by atoms with Gasteiger partial charge in [-0.1, -0.05) is 17.7 Å². The first-order chi connectivity index (χ1) is 11.2. The second kappa shape index (κ2) is 6.73. The average Bonchev–Trinajstić information content (AvgIpc) is 2.96. The molecule has 1 amide bonds. The number of aromatic nitrogens is 1. The minimum absolute atomic E-state index is 0.0844. The Morgan fingerprint density at radius 3 is 3.00 bits per heavy atom. The summed E-state index contributed by atoms with van der Waals surface area (Å²) in [6.07, 6.45) is 0. The number of benzene rings is 2. The van der Waals surface area contributed by atoms with Gasteiger partial charge in [0, 0.05) is 16.3 Å². The van der Waals surface area contributed by atoms with Crippen molar-refractivity contribution in [1.29, 1.82) is 5.26 Å². The van der Waals surface area contributed by atoms with Crippen LogP contribution in [0.1, 0.15) is 0 Å². The van der Waals surface area contributed by atoms with Crippen LogP contribution in [0.15, 0.2) is 46.9 Å². The molecule has 7 heteroatoms. The van der Waals surface area contributed by atoms with E-state index in [0.29, 0.717) is 27.7 Å². The molecule has 0 saturated carbocycles. The molecule has 23 heavy (non-hydrogen) atoms. The van der Waals surface area contributed by atoms with Gasteiger partial charge in [-0.25, -0.2) is 4.98 Å². The Balaban J connectivity index is 1.86. The fourth-order valence-electron chi connectivity index (χ4n) is 2.05. The molecule has 0 spiro atoms. The van der Waals surface area contributed by atoms with Gasteiger partial charge in [0.15, 0.2) is 5.58 Å². The smallest absolute Gasteiger partial charge is 0.235 e. The highest BCUT2D eigenvalue weighted by Crippen LogP contribution is 2.27. The number of rotatable bonds is 4. The molecule has 0 fully saturated rings. The van der Waals surface area contributed by atoms with Gasteiger partial charge in [-0.15, -0.1) is 0 Å². The second-order valence-corrected chi connectivity index (χ2v) is 5.84. The van der Waals surface area contributed by atoms with Gasteiger partial charge < -0.3 is 9.73 Å². The topological polar surface area (TPSA) is 78.9 Å². The van der Waals surface area contributed by atoms with Crippen LogP contribution in [-0.4, -0.2) is 16.6 Å². The molecular formula is C16H10ClN3O2S. The predicted molar refractivity (Wildman–Crippen MR) is 91.2 cm³/mol. The van der Waals surface area contributed by atoms with Crippen molar-refractivity contribution in [1.82, 2.24) is 4.98 Å². The van der Waals surface area contributed by atoms with E-state index < -0.39 is 0 Å². The first kappa shape index (κ1) is 15.4. The van der Waals surface area contributed by atoms with E-state index >= 15 is 0 Å². The molecule has 0 aliphatic heterocycles. The maximum absolute atomic E-state index is 11.6. The predicted octanol–water partition coefficient (Wildman–Crippen LogP) is 4.30. The van der Waals surface area contributed by atoms with Gasteiger partial charge in [0.1, 0.15) is 10.9 Å². The Morgan fingerprint density at radius 1 is 1.35 bits per heavy atom. The largest absolute Gasteiger partial charge is 0.436 e. The van der Waals surface area contributed by atoms with Crippen LogP contribution in [0.4, 0.5) is 5.69 Å². The van der Waals surface area contributed by atoms with Crippen LogP contribution >= 0.6 is 23.4 Å². The summed E-state index contributed by atoms with van der Waals surface area (Å²) < 4.78 is 5.70. The average molecular weight is 344 g/mol. The number of anilines is 1. The van der Waals surface area contributed by atoms with Crippen molar-refractivity contribution in [3.8, 4) is 16.9 Å². The third kappa shape index (κ3) is 3.65. The summed E-state index contributed by atoms with van der Waals surface area (Å²) in [5, 5.41) is 13.6. The number of thiocyanates is 1. The van der Waals surface area contributed by atoms with E-state index in [1.807, 2.05) is 17.5 Å². The third-order valence-electron chi connectivity index (χ3n) is 3.01. The number of nitrogens with zero attached hydrogens (tertiary/aromatic N) is 2. The summed E-state index contributed by atoms with van der Waals surface area (Å²) in [6, 6.07) is 12.4. The van der Waals surface area contributed by atoms with Crippen LogP contribution in [0.2, 0.25) is 5.02 Å². The Kier molecular flexibility index (Phi) is 4.51. The number of amides is 1. The van der Waals surface area contributed by atoms with Gasteiger partial charge in [-0.2, -0.15) is 5.26 Å². The van der Waals surface area contributed by atoms with Crippen molar-refractivity contribution in [3.05, 3.63) is 47.5 Å². The molecule has 1 heterocycles. The molecule has 1 aromatic heterocycles. The summed E-state index contributed by atoms with van der Waals surface area (Å²) >= 11 is 6.86. The Labute approximate surface area is 141 Å². The second-order valence-electron chi connectivity index (χ2n) is 4.64. The van der Waals surface area contributed by atoms with Crippen molar-refractivity contribution in [2.45, 2.75) is 0 Å². The van der Waals surface area contributed by atoms with Crippen LogP contribution in [-0.2, 0) is 4.79 Å². The van der Waals surface area contributed by atoms with E-state index in [4.69, 9.17) is 21.3 Å². The highest BCUT2D eigenvalue weighted by Gasteiger charge is 2.10. The van der Waals surface area contributed by atoms with E-state index in [2.05, 4.69) is 10.3 Å². The van der Waals surface area contributed by atoms with Crippen molar-refractivity contribution < 1.29 is 9.21 Å². The zero-order valence-electron chi connectivity index (χ0n) is 11.7. The molecule has 0 unspecified atom stereocenters. The van der Waals surface area contributed by atoms with Crippen LogP contribution in [0.3, 0.4) is 0 Å². The van der Waals surface area contributed by atoms with Crippen molar-refractivity contribution in [3.63, 3.8) is 0 Å². The fourth-order valence-corrected chi connectivity index (χ4v) is 2.50. The summed E-state index contributed by atoms with van der Waals surface area (Å²) in [5.41, 5.74) is 2.63. The highest BCUT2D eigenvalue weighted by atomic mass is 35.5. The zero-order chi connectivity index (χ0) is 16.2. The number of carbonyl (C=O) groups excluding carboxylic acids is 1. The minimum Gasteiger partial charge on any atom is -0.436 e. The fraction of sp³-hybridized carbons (Fsp3) is 0.0625. The molecule has 5 nitrogen and oxygen atoms in total. The molecular weight excluding hydrogens is 334 g/mol. The summed E-state index contributed by atoms with van der Waals surface area (Å²) in [4.78, 5) is 16.1. The molecule has 0 aliphatic rings. The number of nitriles is 1. The normalized spacial score (nSPS) is 10.4. The van der Waals surface area contributed by atoms with Gasteiger partial charge >= 0.3 is 0 Å². The molecule has 114 valence electrons. The highest BCUT2D eigenvalue weighted by molar-refractivity contribution is 8.04. The van der Waals surface area contributed by atoms with Gasteiger partial charge in [0.25, 0.3) is 0 Å². The van der Waals surface area contributed by atoms with Gasteiger partial charge in [-0.05, 0) is 48.2 Å². The third-order valence-corrected chi connectivity index (χ3v) is 3.78. The molecule has 1 N–H and O–H groups in total. The summed E-state index contributed by atoms with van der Waals surface area (Å²) in [5.74, 6) is 0.307. The van der Waals surface area contributed by atoms with Crippen molar-refractivity contribution in [2.24, 2.45) is 0 Å². The van der Waals surface area contributed by atoms with Crippen molar-refractivity contribution in [2.75, 3.05) is 11.1 Å². The zero-order valence-corrected chi connectivity index (χ0v) is 13.3. The van der Waals surface area contributed by atoms with Crippen LogP contribution in [0.5, 0.6) is 0 Å². The SMILES string of the molecule is N#CSCC(=O)Nc1ccc2oc(-c3cccc(Cl)c3)nc2c1. The molecule has 0 atom stereocenters. The van der Waals surface area contributed by atoms with Gasteiger partial charge in [0.2, 0.25) is 11.8 Å². The number of hydrogen-bond donors (Lipinski definition) is 1. The molecule has 0 saturated heterocycles. The quantitative estimate of drug-likeness (QED) is 0.714. The standard InChI is InChI=1S/C16H10ClN3O2S/c17-11-3-1-2-10(6-11)16-20-13-7-12(4-5-14(13)22-16)19-15(21)8-23-9-18/h1-7H,8H2,(H,19,21). The number of hydrogen-bond acceptors (Lipinski definition) is 5. The van der Waals surface area contributed by atoms with Crippen LogP contribution in [0.25, 0.3) is 22.6 Å². The lowest BCUT2D eigenvalue weighted by Gasteiger charge is -2.02. The number of thioether (sulfide) groups is 1. The first-order valence-electron chi connectivity index (χ1n) is 6.63. The molecule has 0 aliphatic carbocycles. The van der Waals surface area contributed by atoms with Crippen LogP contribution in [0, 0.1) is 10.7 Å². The van der Waals surface area contributed by atoms with Gasteiger partial charge in [0.05, 0.1) is 5.75 Å². The Bertz CT molecular complexity index is 917. The number of oxazole rings is 1. The maximum atomic E-state index is 11.6. The van der Waals surface area contributed by atoms with E-state index in [-0.39, 0.29) is 11.7 Å². The van der Waals surface area contributed by atoms with E-state index in [1.54, 1.807) is 30.3 Å². The molecule has 2 aromatic carbocycles. The lowest BCUT2D eigenvalue weighted by atomic mass is 10.2. The molecule has 0 bridgehead atoms. The van der Waals surface area contributed by atoms with Crippen molar-refractivity contribution >= 4 is 46.1 Å². The maximum Gasteiger partial charge on any atom is 0.235 e. The number of fused-ring (bicyclic) bond motifs is 1. The lowest BCUT2D eigenvalue weighted by molar-refractivity contribution is -0.113. The molecule has 0 radical (unpaired) electrons. The molecule has 3 aromatic rings. The number of nitrogens with one attached hydrogen (secondary N) is 1. The van der Waals surface area contributed by atoms with E-state index in [1.165, 1.54) is 0 Å². The summed E-state index contributed by atoms with van der Waals surface area (Å²) in [6.45, 7) is 0. The minimum atomic E-state index is -0.241. The van der Waals surface area contributed by atoms with E-state index in [0.717, 1.165) is 17.3 Å². The molecule has 3 rings (SSSR count).